The molecule has 1 aromatic heterocycles. The molecule has 4 nitrogen and oxygen atoms in total. The average Bonchev–Trinajstić information content (AvgIpc) is 2.82. The third kappa shape index (κ3) is 2.69. The molecule has 2 fully saturated rings. The van der Waals surface area contributed by atoms with Gasteiger partial charge in [0, 0.05) is 37.7 Å². The number of H-pyrrole nitrogens is 1. The van der Waals surface area contributed by atoms with Crippen LogP contribution in [0.1, 0.15) is 36.6 Å². The highest BCUT2D eigenvalue weighted by Gasteiger charge is 2.30. The van der Waals surface area contributed by atoms with Crippen LogP contribution >= 0.6 is 0 Å². The van der Waals surface area contributed by atoms with Crippen molar-refractivity contribution in [1.29, 1.82) is 0 Å². The van der Waals surface area contributed by atoms with Crippen molar-refractivity contribution < 1.29 is 5.11 Å². The number of rotatable bonds is 5. The minimum absolute atomic E-state index is 0.195. The van der Waals surface area contributed by atoms with Crippen molar-refractivity contribution in [2.24, 2.45) is 5.92 Å². The number of aliphatic hydroxyl groups excluding tert-OH is 1. The van der Waals surface area contributed by atoms with Crippen LogP contribution in [0.25, 0.3) is 0 Å². The second kappa shape index (κ2) is 4.78. The lowest BCUT2D eigenvalue weighted by Crippen LogP contribution is -2.22. The maximum atomic E-state index is 8.89. The van der Waals surface area contributed by atoms with Crippen LogP contribution in [0.15, 0.2) is 6.07 Å². The van der Waals surface area contributed by atoms with Crippen LogP contribution in [0.2, 0.25) is 0 Å². The molecule has 94 valence electrons. The van der Waals surface area contributed by atoms with E-state index in [1.807, 2.05) is 0 Å². The summed E-state index contributed by atoms with van der Waals surface area (Å²) >= 11 is 0. The lowest BCUT2D eigenvalue weighted by Gasteiger charge is -2.14. The van der Waals surface area contributed by atoms with E-state index in [0.29, 0.717) is 12.3 Å². The molecular weight excluding hydrogens is 214 g/mol. The smallest absolute Gasteiger partial charge is 0.0669 e. The number of aliphatic hydroxyl groups is 1. The van der Waals surface area contributed by atoms with Gasteiger partial charge in [0.2, 0.25) is 0 Å². The van der Waals surface area contributed by atoms with Crippen molar-refractivity contribution in [2.45, 2.75) is 31.6 Å². The van der Waals surface area contributed by atoms with Crippen molar-refractivity contribution in [3.8, 4) is 0 Å². The molecule has 0 radical (unpaired) electrons. The summed E-state index contributed by atoms with van der Waals surface area (Å²) in [4.78, 5) is 2.59. The minimum atomic E-state index is 0.195. The zero-order valence-electron chi connectivity index (χ0n) is 10.2. The van der Waals surface area contributed by atoms with Crippen molar-refractivity contribution in [3.63, 3.8) is 0 Å². The Bertz CT molecular complexity index is 372. The fourth-order valence-electron chi connectivity index (χ4n) is 2.74. The van der Waals surface area contributed by atoms with Crippen LogP contribution in [-0.2, 0) is 6.42 Å². The molecule has 1 aliphatic heterocycles. The van der Waals surface area contributed by atoms with Gasteiger partial charge in [-0.3, -0.25) is 5.10 Å². The molecule has 3 rings (SSSR count). The van der Waals surface area contributed by atoms with Crippen LogP contribution in [0.3, 0.4) is 0 Å². The monoisotopic (exact) mass is 235 g/mol. The highest BCUT2D eigenvalue weighted by Crippen LogP contribution is 2.33. The van der Waals surface area contributed by atoms with Gasteiger partial charge in [-0.15, -0.1) is 0 Å². The molecule has 4 heteroatoms. The fourth-order valence-corrected chi connectivity index (χ4v) is 2.74. The molecular formula is C13H21N3O. The molecule has 0 spiro atoms. The highest BCUT2D eigenvalue weighted by atomic mass is 16.3. The van der Waals surface area contributed by atoms with Gasteiger partial charge in [-0.25, -0.2) is 0 Å². The average molecular weight is 235 g/mol. The lowest BCUT2D eigenvalue weighted by atomic mass is 10.0. The van der Waals surface area contributed by atoms with Crippen LogP contribution < -0.4 is 0 Å². The summed E-state index contributed by atoms with van der Waals surface area (Å²) in [7, 11) is 0. The molecule has 0 unspecified atom stereocenters. The molecule has 2 N–H and O–H groups in total. The van der Waals surface area contributed by atoms with Gasteiger partial charge < -0.3 is 10.0 Å². The molecule has 0 amide bonds. The van der Waals surface area contributed by atoms with E-state index in [0.717, 1.165) is 11.6 Å². The van der Waals surface area contributed by atoms with Gasteiger partial charge in [-0.05, 0) is 37.8 Å². The predicted octanol–water partition coefficient (Wildman–Crippen LogP) is 1.14. The predicted molar refractivity (Wildman–Crippen MR) is 65.9 cm³/mol. The van der Waals surface area contributed by atoms with Crippen LogP contribution in [0.5, 0.6) is 0 Å². The first-order chi connectivity index (χ1) is 8.35. The molecule has 0 bridgehead atoms. The molecule has 1 aromatic rings. The minimum Gasteiger partial charge on any atom is -0.396 e. The molecule has 1 saturated heterocycles. The van der Waals surface area contributed by atoms with Gasteiger partial charge in [0.05, 0.1) is 5.69 Å². The summed E-state index contributed by atoms with van der Waals surface area (Å²) in [6.45, 7) is 3.88. The van der Waals surface area contributed by atoms with Crippen LogP contribution in [0, 0.1) is 5.92 Å². The van der Waals surface area contributed by atoms with Crippen molar-refractivity contribution >= 4 is 0 Å². The molecule has 1 saturated carbocycles. The number of hydrogen-bond acceptors (Lipinski definition) is 3. The van der Waals surface area contributed by atoms with Gasteiger partial charge in [0.25, 0.3) is 0 Å². The van der Waals surface area contributed by atoms with E-state index in [4.69, 9.17) is 5.11 Å². The Hall–Kier alpha value is -0.870. The lowest BCUT2D eigenvalue weighted by molar-refractivity contribution is 0.298. The Kier molecular flexibility index (Phi) is 3.16. The third-order valence-electron chi connectivity index (χ3n) is 3.94. The highest BCUT2D eigenvalue weighted by molar-refractivity contribution is 5.15. The number of hydrogen-bond donors (Lipinski definition) is 2. The van der Waals surface area contributed by atoms with Gasteiger partial charge in [0.1, 0.15) is 0 Å². The van der Waals surface area contributed by atoms with E-state index in [9.17, 15) is 0 Å². The summed E-state index contributed by atoms with van der Waals surface area (Å²) in [5.74, 6) is 1.58. The Labute approximate surface area is 102 Å². The van der Waals surface area contributed by atoms with E-state index < -0.39 is 0 Å². The third-order valence-corrected chi connectivity index (χ3v) is 3.94. The van der Waals surface area contributed by atoms with Gasteiger partial charge in [-0.2, -0.15) is 5.10 Å². The van der Waals surface area contributed by atoms with Crippen molar-refractivity contribution in [3.05, 3.63) is 17.5 Å². The number of nitrogens with one attached hydrogen (secondary N) is 1. The van der Waals surface area contributed by atoms with Crippen molar-refractivity contribution in [1.82, 2.24) is 15.1 Å². The SMILES string of the molecule is OCCc1cc([C@@H]2CCN(CC3CC3)C2)n[nH]1. The van der Waals surface area contributed by atoms with E-state index >= 15 is 0 Å². The Morgan fingerprint density at radius 3 is 3.06 bits per heavy atom. The second-order valence-corrected chi connectivity index (χ2v) is 5.48. The number of aromatic nitrogens is 2. The molecule has 0 aromatic carbocycles. The van der Waals surface area contributed by atoms with Crippen molar-refractivity contribution in [2.75, 3.05) is 26.2 Å². The van der Waals surface area contributed by atoms with E-state index in [1.54, 1.807) is 0 Å². The Morgan fingerprint density at radius 1 is 1.41 bits per heavy atom. The number of likely N-dealkylation sites (tertiary alicyclic amines) is 1. The molecule has 2 aliphatic rings. The Morgan fingerprint density at radius 2 is 2.29 bits per heavy atom. The summed E-state index contributed by atoms with van der Waals surface area (Å²) < 4.78 is 0. The first-order valence-corrected chi connectivity index (χ1v) is 6.72. The Balaban J connectivity index is 1.56. The molecule has 2 heterocycles. The van der Waals surface area contributed by atoms with E-state index in [-0.39, 0.29) is 6.61 Å². The largest absolute Gasteiger partial charge is 0.396 e. The number of nitrogens with zero attached hydrogens (tertiary/aromatic N) is 2. The maximum Gasteiger partial charge on any atom is 0.0669 e. The molecule has 1 atom stereocenters. The topological polar surface area (TPSA) is 52.1 Å². The van der Waals surface area contributed by atoms with E-state index in [2.05, 4.69) is 21.2 Å². The number of aromatic amines is 1. The molecule has 17 heavy (non-hydrogen) atoms. The summed E-state index contributed by atoms with van der Waals surface area (Å²) in [6.07, 6.45) is 4.79. The first-order valence-electron chi connectivity index (χ1n) is 6.72. The zero-order chi connectivity index (χ0) is 11.7. The quantitative estimate of drug-likeness (QED) is 0.805. The molecule has 1 aliphatic carbocycles. The van der Waals surface area contributed by atoms with Gasteiger partial charge in [-0.1, -0.05) is 0 Å². The standard InChI is InChI=1S/C13H21N3O/c17-6-4-12-7-13(15-14-12)11-3-5-16(9-11)8-10-1-2-10/h7,10-11,17H,1-6,8-9H2,(H,14,15)/t11-/m1/s1. The fraction of sp³-hybridized carbons (Fsp3) is 0.769. The first kappa shape index (κ1) is 11.2. The zero-order valence-corrected chi connectivity index (χ0v) is 10.2. The van der Waals surface area contributed by atoms with Gasteiger partial charge >= 0.3 is 0 Å². The summed E-state index contributed by atoms with van der Waals surface area (Å²) in [5, 5.41) is 16.3. The maximum absolute atomic E-state index is 8.89. The summed E-state index contributed by atoms with van der Waals surface area (Å²) in [6, 6.07) is 2.13. The van der Waals surface area contributed by atoms with Crippen LogP contribution in [-0.4, -0.2) is 46.4 Å². The second-order valence-electron chi connectivity index (χ2n) is 5.48. The van der Waals surface area contributed by atoms with E-state index in [1.165, 1.54) is 44.6 Å². The van der Waals surface area contributed by atoms with Gasteiger partial charge in [0.15, 0.2) is 0 Å². The summed E-state index contributed by atoms with van der Waals surface area (Å²) in [5.41, 5.74) is 2.25. The van der Waals surface area contributed by atoms with Crippen LogP contribution in [0.4, 0.5) is 0 Å². The normalized spacial score (nSPS) is 25.6.